The van der Waals surface area contributed by atoms with Gasteiger partial charge in [0.15, 0.2) is 33.7 Å². The second kappa shape index (κ2) is 10.7. The Kier molecular flexibility index (Phi) is 7.49. The summed E-state index contributed by atoms with van der Waals surface area (Å²) in [6, 6.07) is 17.2. The fraction of sp³-hybridized carbons (Fsp3) is 0.250. The average molecular weight is 496 g/mol. The molecule has 176 valence electrons. The van der Waals surface area contributed by atoms with Crippen molar-refractivity contribution in [2.45, 2.75) is 32.0 Å². The molecule has 0 aliphatic heterocycles. The van der Waals surface area contributed by atoms with Gasteiger partial charge in [0.25, 0.3) is 0 Å². The van der Waals surface area contributed by atoms with E-state index < -0.39 is 6.10 Å². The number of rotatable bonds is 9. The number of nitrogens with one attached hydrogen (secondary N) is 1. The van der Waals surface area contributed by atoms with Gasteiger partial charge in [-0.1, -0.05) is 42.1 Å². The molecule has 1 N–H and O–H groups in total. The van der Waals surface area contributed by atoms with Gasteiger partial charge in [-0.2, -0.15) is 0 Å². The highest BCUT2D eigenvalue weighted by atomic mass is 32.2. The fourth-order valence-electron chi connectivity index (χ4n) is 3.23. The van der Waals surface area contributed by atoms with Crippen molar-refractivity contribution >= 4 is 34.1 Å². The van der Waals surface area contributed by atoms with Crippen LogP contribution in [0, 0.1) is 13.8 Å². The maximum Gasteiger partial charge on any atom is 0.236 e. The molecule has 34 heavy (non-hydrogen) atoms. The van der Waals surface area contributed by atoms with Gasteiger partial charge in [0.1, 0.15) is 0 Å². The van der Waals surface area contributed by atoms with Gasteiger partial charge in [0, 0.05) is 10.6 Å². The molecule has 1 amide bonds. The fourth-order valence-corrected chi connectivity index (χ4v) is 4.82. The van der Waals surface area contributed by atoms with Gasteiger partial charge in [-0.25, -0.2) is 4.98 Å². The number of benzene rings is 2. The molecular weight excluding hydrogens is 470 g/mol. The summed E-state index contributed by atoms with van der Waals surface area (Å²) in [4.78, 5) is 18.0. The third-order valence-corrected chi connectivity index (χ3v) is 6.93. The van der Waals surface area contributed by atoms with E-state index >= 15 is 0 Å². The lowest BCUT2D eigenvalue weighted by molar-refractivity contribution is -0.113. The Morgan fingerprint density at radius 2 is 1.79 bits per heavy atom. The summed E-state index contributed by atoms with van der Waals surface area (Å²) in [7, 11) is 1.60. The number of anilines is 1. The third-order valence-electron chi connectivity index (χ3n) is 5.02. The molecule has 0 radical (unpaired) electrons. The van der Waals surface area contributed by atoms with E-state index in [1.807, 2.05) is 79.9 Å². The van der Waals surface area contributed by atoms with Gasteiger partial charge in [-0.3, -0.25) is 9.36 Å². The molecule has 1 unspecified atom stereocenters. The van der Waals surface area contributed by atoms with Gasteiger partial charge in [-0.15, -0.1) is 21.5 Å². The molecule has 2 heterocycles. The number of thioether (sulfide) groups is 1. The van der Waals surface area contributed by atoms with Gasteiger partial charge in [-0.05, 0) is 45.0 Å². The quantitative estimate of drug-likeness (QED) is 0.318. The number of hydrogen-bond donors (Lipinski definition) is 1. The van der Waals surface area contributed by atoms with E-state index in [9.17, 15) is 4.79 Å². The van der Waals surface area contributed by atoms with Gasteiger partial charge >= 0.3 is 0 Å². The Balaban J connectivity index is 1.55. The summed E-state index contributed by atoms with van der Waals surface area (Å²) >= 11 is 2.77. The van der Waals surface area contributed by atoms with Crippen molar-refractivity contribution in [3.63, 3.8) is 0 Å². The van der Waals surface area contributed by atoms with Crippen LogP contribution in [0.3, 0.4) is 0 Å². The number of methoxy groups -OCH3 is 1. The summed E-state index contributed by atoms with van der Waals surface area (Å²) in [5.41, 5.74) is 1.80. The first-order chi connectivity index (χ1) is 16.5. The van der Waals surface area contributed by atoms with Gasteiger partial charge in [0.2, 0.25) is 5.91 Å². The van der Waals surface area contributed by atoms with Crippen molar-refractivity contribution in [3.8, 4) is 17.2 Å². The number of hydrogen-bond acceptors (Lipinski definition) is 8. The van der Waals surface area contributed by atoms with Crippen LogP contribution in [0.2, 0.25) is 0 Å². The van der Waals surface area contributed by atoms with E-state index in [-0.39, 0.29) is 11.7 Å². The topological polar surface area (TPSA) is 91.2 Å². The SMILES string of the molecule is COc1ccccc1OC(C)c1nnc(SCC(=O)Nc2nc(C)c(C)s2)n1-c1ccccc1. The number of aromatic nitrogens is 4. The zero-order valence-electron chi connectivity index (χ0n) is 19.3. The van der Waals surface area contributed by atoms with E-state index in [2.05, 4.69) is 20.5 Å². The molecule has 1 atom stereocenters. The number of amides is 1. The number of carbonyl (C=O) groups excluding carboxylic acids is 1. The Labute approximate surface area is 206 Å². The standard InChI is InChI=1S/C24H25N5O3S2/c1-15-17(3)34-23(25-15)26-21(30)14-33-24-28-27-22(29(24)18-10-6-5-7-11-18)16(2)32-20-13-9-8-12-19(20)31-4/h5-13,16H,14H2,1-4H3,(H,25,26,30). The van der Waals surface area contributed by atoms with E-state index in [0.29, 0.717) is 27.6 Å². The second-order valence-corrected chi connectivity index (χ2v) is 9.57. The summed E-state index contributed by atoms with van der Waals surface area (Å²) in [5.74, 6) is 1.89. The molecule has 2 aromatic heterocycles. The van der Waals surface area contributed by atoms with Crippen LogP contribution >= 0.6 is 23.1 Å². The van der Waals surface area contributed by atoms with Crippen LogP contribution in [0.15, 0.2) is 59.8 Å². The number of carbonyl (C=O) groups is 1. The lowest BCUT2D eigenvalue weighted by Crippen LogP contribution is -2.15. The molecule has 0 aliphatic carbocycles. The number of nitrogens with zero attached hydrogens (tertiary/aromatic N) is 4. The minimum atomic E-state index is -0.423. The zero-order chi connectivity index (χ0) is 24.1. The minimum absolute atomic E-state index is 0.152. The molecule has 10 heteroatoms. The summed E-state index contributed by atoms with van der Waals surface area (Å²) < 4.78 is 13.5. The highest BCUT2D eigenvalue weighted by Crippen LogP contribution is 2.32. The molecule has 0 saturated heterocycles. The Hall–Kier alpha value is -3.37. The van der Waals surface area contributed by atoms with E-state index in [1.54, 1.807) is 7.11 Å². The molecule has 0 fully saturated rings. The van der Waals surface area contributed by atoms with Gasteiger partial charge < -0.3 is 14.8 Å². The summed E-state index contributed by atoms with van der Waals surface area (Å²) in [6.45, 7) is 5.81. The predicted octanol–water partition coefficient (Wildman–Crippen LogP) is 5.22. The predicted molar refractivity (Wildman–Crippen MR) is 134 cm³/mol. The Morgan fingerprint density at radius 3 is 2.47 bits per heavy atom. The molecule has 4 aromatic rings. The highest BCUT2D eigenvalue weighted by molar-refractivity contribution is 7.99. The lowest BCUT2D eigenvalue weighted by atomic mass is 10.3. The summed E-state index contributed by atoms with van der Waals surface area (Å²) in [5, 5.41) is 12.8. The Bertz CT molecular complexity index is 1250. The first kappa shape index (κ1) is 23.8. The minimum Gasteiger partial charge on any atom is -0.493 e. The largest absolute Gasteiger partial charge is 0.493 e. The number of ether oxygens (including phenoxy) is 2. The van der Waals surface area contributed by atoms with Crippen molar-refractivity contribution in [1.82, 2.24) is 19.7 Å². The number of thiazole rings is 1. The van der Waals surface area contributed by atoms with Crippen LogP contribution in [0.5, 0.6) is 11.5 Å². The molecule has 2 aromatic carbocycles. The highest BCUT2D eigenvalue weighted by Gasteiger charge is 2.22. The van der Waals surface area contributed by atoms with Crippen molar-refractivity contribution < 1.29 is 14.3 Å². The van der Waals surface area contributed by atoms with Crippen molar-refractivity contribution in [3.05, 3.63) is 71.0 Å². The maximum absolute atomic E-state index is 12.5. The van der Waals surface area contributed by atoms with Crippen molar-refractivity contribution in [2.24, 2.45) is 0 Å². The molecule has 0 saturated carbocycles. The molecule has 8 nitrogen and oxygen atoms in total. The molecule has 0 aliphatic rings. The first-order valence-corrected chi connectivity index (χ1v) is 12.4. The monoisotopic (exact) mass is 495 g/mol. The van der Waals surface area contributed by atoms with Crippen LogP contribution in [-0.4, -0.2) is 38.5 Å². The smallest absolute Gasteiger partial charge is 0.236 e. The van der Waals surface area contributed by atoms with Crippen LogP contribution in [0.1, 0.15) is 29.4 Å². The van der Waals surface area contributed by atoms with Crippen LogP contribution in [0.25, 0.3) is 5.69 Å². The zero-order valence-corrected chi connectivity index (χ0v) is 20.9. The number of aryl methyl sites for hydroxylation is 2. The second-order valence-electron chi connectivity index (χ2n) is 7.42. The Morgan fingerprint density at radius 1 is 1.09 bits per heavy atom. The van der Waals surface area contributed by atoms with Crippen LogP contribution in [-0.2, 0) is 4.79 Å². The van der Waals surface area contributed by atoms with E-state index in [0.717, 1.165) is 16.3 Å². The molecule has 4 rings (SSSR count). The summed E-state index contributed by atoms with van der Waals surface area (Å²) in [6.07, 6.45) is -0.423. The van der Waals surface area contributed by atoms with E-state index in [4.69, 9.17) is 9.47 Å². The van der Waals surface area contributed by atoms with Crippen molar-refractivity contribution in [2.75, 3.05) is 18.2 Å². The van der Waals surface area contributed by atoms with Crippen LogP contribution in [0.4, 0.5) is 5.13 Å². The van der Waals surface area contributed by atoms with Crippen molar-refractivity contribution in [1.29, 1.82) is 0 Å². The molecule has 0 bridgehead atoms. The number of para-hydroxylation sites is 3. The average Bonchev–Trinajstić information content (AvgIpc) is 3.41. The molecule has 0 spiro atoms. The maximum atomic E-state index is 12.5. The lowest BCUT2D eigenvalue weighted by Gasteiger charge is -2.18. The third kappa shape index (κ3) is 5.40. The van der Waals surface area contributed by atoms with Gasteiger partial charge in [0.05, 0.1) is 18.6 Å². The first-order valence-electron chi connectivity index (χ1n) is 10.6. The molecular formula is C24H25N5O3S2. The van der Waals surface area contributed by atoms with Crippen LogP contribution < -0.4 is 14.8 Å². The normalized spacial score (nSPS) is 11.8. The van der Waals surface area contributed by atoms with E-state index in [1.165, 1.54) is 23.1 Å².